The molecule has 0 aliphatic carbocycles. The number of nitrogens with two attached hydrogens (primary N) is 1. The fourth-order valence-electron chi connectivity index (χ4n) is 1.55. The first-order valence-electron chi connectivity index (χ1n) is 7.30. The molecule has 0 heterocycles. The van der Waals surface area contributed by atoms with Crippen molar-refractivity contribution in [2.75, 3.05) is 6.54 Å². The number of hydrogen-bond acceptors (Lipinski definition) is 8. The van der Waals surface area contributed by atoms with E-state index in [0.29, 0.717) is 18.2 Å². The molecule has 0 bridgehead atoms. The van der Waals surface area contributed by atoms with Crippen molar-refractivity contribution >= 4 is 11.9 Å². The molecule has 142 valence electrons. The number of carboxylic acid groups (broad SMARTS) is 2. The highest BCUT2D eigenvalue weighted by Gasteiger charge is 2.24. The molecule has 1 aromatic rings. The van der Waals surface area contributed by atoms with E-state index < -0.39 is 30.3 Å². The lowest BCUT2D eigenvalue weighted by Gasteiger charge is -2.13. The van der Waals surface area contributed by atoms with Gasteiger partial charge in [-0.1, -0.05) is 6.07 Å². The van der Waals surface area contributed by atoms with Gasteiger partial charge in [-0.3, -0.25) is 0 Å². The summed E-state index contributed by atoms with van der Waals surface area (Å²) in [7, 11) is 0. The zero-order chi connectivity index (χ0) is 19.7. The Balaban J connectivity index is 0.000000504. The van der Waals surface area contributed by atoms with Crippen molar-refractivity contribution in [2.45, 2.75) is 38.2 Å². The van der Waals surface area contributed by atoms with Gasteiger partial charge in [0.15, 0.2) is 17.6 Å². The van der Waals surface area contributed by atoms with Crippen LogP contribution in [0.15, 0.2) is 18.2 Å². The molecular formula is C15H23NO9. The Morgan fingerprint density at radius 3 is 2.00 bits per heavy atom. The molecule has 10 nitrogen and oxygen atoms in total. The van der Waals surface area contributed by atoms with Gasteiger partial charge in [0.1, 0.15) is 18.8 Å². The number of aromatic hydroxyl groups is 2. The van der Waals surface area contributed by atoms with Crippen molar-refractivity contribution in [3.63, 3.8) is 0 Å². The van der Waals surface area contributed by atoms with Gasteiger partial charge >= 0.3 is 5.97 Å². The number of phenolic OH excluding ortho intramolecular Hbond substituents is 2. The molecular weight excluding hydrogens is 338 g/mol. The van der Waals surface area contributed by atoms with E-state index in [1.54, 1.807) is 6.07 Å². The van der Waals surface area contributed by atoms with Crippen LogP contribution in [0.4, 0.5) is 0 Å². The highest BCUT2D eigenvalue weighted by molar-refractivity contribution is 5.82. The summed E-state index contributed by atoms with van der Waals surface area (Å²) in [6.45, 7) is 4.63. The Kier molecular flexibility index (Phi) is 9.46. The second-order valence-electron chi connectivity index (χ2n) is 5.53. The summed E-state index contributed by atoms with van der Waals surface area (Å²) in [5.74, 6) is -4.19. The van der Waals surface area contributed by atoms with E-state index in [9.17, 15) is 24.9 Å². The maximum absolute atomic E-state index is 9.76. The number of aliphatic carboxylic acids is 2. The van der Waals surface area contributed by atoms with Crippen molar-refractivity contribution in [1.29, 1.82) is 0 Å². The van der Waals surface area contributed by atoms with Gasteiger partial charge in [-0.2, -0.15) is 0 Å². The third kappa shape index (κ3) is 8.31. The van der Waals surface area contributed by atoms with Crippen molar-refractivity contribution in [2.24, 2.45) is 0 Å². The number of benzene rings is 1. The normalized spacial score (nSPS) is 14.2. The number of carbonyl (C=O) groups is 2. The zero-order valence-corrected chi connectivity index (χ0v) is 13.7. The predicted octanol–water partition coefficient (Wildman–Crippen LogP) is -3.35. The summed E-state index contributed by atoms with van der Waals surface area (Å²) in [5.41, 5.74) is 0.613. The van der Waals surface area contributed by atoms with E-state index in [1.807, 2.05) is 19.2 Å². The third-order valence-corrected chi connectivity index (χ3v) is 3.01. The number of carboxylic acids is 2. The molecule has 0 amide bonds. The quantitative estimate of drug-likeness (QED) is 0.243. The number of aliphatic hydroxyl groups excluding tert-OH is 3. The minimum atomic E-state index is -2.38. The Hall–Kier alpha value is -2.40. The standard InChI is InChI=1S/C11H17NO3.C4H6O6/c1-7(2)12-6-11(15)8-3-4-9(13)10(14)5-8;5-1(3(7)8)2(6)4(9)10/h3-5,7,11-15H,6H2,1-2H3;1-2,5-6H,(H,7,8)(H,9,10)/t11-;1-,2+/m1./s1. The SMILES string of the molecule is CC(C)[NH2+]C[C@@H](O)c1ccc(O)c(O)c1.O=C(O)[C@@H](O)[C@@H](O)C(=O)[O-]. The van der Waals surface area contributed by atoms with E-state index in [0.717, 1.165) is 0 Å². The molecule has 10 heteroatoms. The van der Waals surface area contributed by atoms with Gasteiger partial charge in [-0.25, -0.2) is 4.79 Å². The van der Waals surface area contributed by atoms with Gasteiger partial charge in [-0.05, 0) is 31.5 Å². The molecule has 8 N–H and O–H groups in total. The number of aliphatic hydroxyl groups is 3. The average Bonchev–Trinajstić information content (AvgIpc) is 2.53. The summed E-state index contributed by atoms with van der Waals surface area (Å²) in [6, 6.07) is 4.79. The maximum Gasteiger partial charge on any atom is 0.335 e. The van der Waals surface area contributed by atoms with Crippen molar-refractivity contribution in [1.82, 2.24) is 0 Å². The summed E-state index contributed by atoms with van der Waals surface area (Å²) in [4.78, 5) is 19.4. The molecule has 0 fully saturated rings. The summed E-state index contributed by atoms with van der Waals surface area (Å²) < 4.78 is 0. The van der Waals surface area contributed by atoms with Crippen LogP contribution in [0, 0.1) is 0 Å². The first kappa shape index (κ1) is 22.6. The molecule has 0 saturated heterocycles. The highest BCUT2D eigenvalue weighted by Crippen LogP contribution is 2.27. The van der Waals surface area contributed by atoms with Crippen LogP contribution in [0.5, 0.6) is 11.5 Å². The first-order valence-corrected chi connectivity index (χ1v) is 7.30. The largest absolute Gasteiger partial charge is 0.547 e. The molecule has 0 saturated carbocycles. The Morgan fingerprint density at radius 1 is 1.08 bits per heavy atom. The number of hydrogen-bond donors (Lipinski definition) is 7. The molecule has 0 aliphatic heterocycles. The molecule has 0 spiro atoms. The Bertz CT molecular complexity index is 558. The minimum Gasteiger partial charge on any atom is -0.547 e. The third-order valence-electron chi connectivity index (χ3n) is 3.01. The van der Waals surface area contributed by atoms with Crippen LogP contribution in [-0.2, 0) is 9.59 Å². The van der Waals surface area contributed by atoms with Gasteiger partial charge in [0.25, 0.3) is 0 Å². The van der Waals surface area contributed by atoms with E-state index in [-0.39, 0.29) is 11.5 Å². The van der Waals surface area contributed by atoms with E-state index in [1.165, 1.54) is 12.1 Å². The van der Waals surface area contributed by atoms with Crippen molar-refractivity contribution in [3.05, 3.63) is 23.8 Å². The average molecular weight is 361 g/mol. The highest BCUT2D eigenvalue weighted by atomic mass is 16.4. The fraction of sp³-hybridized carbons (Fsp3) is 0.467. The topological polar surface area (TPSA) is 195 Å². The lowest BCUT2D eigenvalue weighted by molar-refractivity contribution is -0.689. The molecule has 0 aromatic heterocycles. The van der Waals surface area contributed by atoms with Gasteiger partial charge in [0, 0.05) is 0 Å². The minimum absolute atomic E-state index is 0.168. The lowest BCUT2D eigenvalue weighted by Crippen LogP contribution is -2.89. The van der Waals surface area contributed by atoms with E-state index >= 15 is 0 Å². The molecule has 3 atom stereocenters. The van der Waals surface area contributed by atoms with Gasteiger partial charge in [0.2, 0.25) is 0 Å². The lowest BCUT2D eigenvalue weighted by atomic mass is 10.1. The van der Waals surface area contributed by atoms with Crippen molar-refractivity contribution in [3.8, 4) is 11.5 Å². The predicted molar refractivity (Wildman–Crippen MR) is 81.3 cm³/mol. The molecule has 0 unspecified atom stereocenters. The monoisotopic (exact) mass is 361 g/mol. The van der Waals surface area contributed by atoms with Gasteiger partial charge in [0.05, 0.1) is 12.0 Å². The van der Waals surface area contributed by atoms with Crippen molar-refractivity contribution < 1.29 is 50.7 Å². The first-order chi connectivity index (χ1) is 11.5. The maximum atomic E-state index is 9.76. The smallest absolute Gasteiger partial charge is 0.335 e. The molecule has 0 radical (unpaired) electrons. The van der Waals surface area contributed by atoms with Crippen LogP contribution >= 0.6 is 0 Å². The number of quaternary nitrogens is 1. The van der Waals surface area contributed by atoms with Crippen LogP contribution in [0.25, 0.3) is 0 Å². The molecule has 1 aromatic carbocycles. The summed E-state index contributed by atoms with van der Waals surface area (Å²) in [5, 5.41) is 64.3. The Labute approximate surface area is 143 Å². The molecule has 25 heavy (non-hydrogen) atoms. The Morgan fingerprint density at radius 2 is 1.64 bits per heavy atom. The number of rotatable bonds is 7. The summed E-state index contributed by atoms with van der Waals surface area (Å²) in [6.07, 6.45) is -5.33. The van der Waals surface area contributed by atoms with Crippen LogP contribution in [0.3, 0.4) is 0 Å². The van der Waals surface area contributed by atoms with E-state index in [4.69, 9.17) is 20.4 Å². The summed E-state index contributed by atoms with van der Waals surface area (Å²) >= 11 is 0. The van der Waals surface area contributed by atoms with Crippen LogP contribution in [-0.4, -0.2) is 67.4 Å². The number of carbonyl (C=O) groups excluding carboxylic acids is 1. The second-order valence-corrected chi connectivity index (χ2v) is 5.53. The number of phenols is 2. The van der Waals surface area contributed by atoms with Crippen LogP contribution in [0.1, 0.15) is 25.5 Å². The zero-order valence-electron chi connectivity index (χ0n) is 13.7. The van der Waals surface area contributed by atoms with Crippen LogP contribution < -0.4 is 10.4 Å². The molecule has 1 rings (SSSR count). The van der Waals surface area contributed by atoms with Gasteiger partial charge < -0.3 is 45.9 Å². The van der Waals surface area contributed by atoms with E-state index in [2.05, 4.69) is 0 Å². The van der Waals surface area contributed by atoms with Crippen LogP contribution in [0.2, 0.25) is 0 Å². The van der Waals surface area contributed by atoms with Gasteiger partial charge in [-0.15, -0.1) is 0 Å². The second kappa shape index (κ2) is 10.5. The molecule has 0 aliphatic rings. The fourth-order valence-corrected chi connectivity index (χ4v) is 1.55.